The molecule has 0 bridgehead atoms. The maximum Gasteiger partial charge on any atom is 0.416 e. The predicted octanol–water partition coefficient (Wildman–Crippen LogP) is 1.40. The highest BCUT2D eigenvalue weighted by Crippen LogP contribution is 2.31. The second kappa shape index (κ2) is 8.20. The fourth-order valence-electron chi connectivity index (χ4n) is 2.86. The third kappa shape index (κ3) is 4.55. The normalized spacial score (nSPS) is 20.0. The van der Waals surface area contributed by atoms with E-state index in [1.807, 2.05) is 0 Å². The molecule has 162 valence electrons. The van der Waals surface area contributed by atoms with Crippen molar-refractivity contribution in [1.82, 2.24) is 10.3 Å². The minimum atomic E-state index is -4.60. The molecular formula is C18H18F3N3O5S. The van der Waals surface area contributed by atoms with Crippen LogP contribution in [-0.4, -0.2) is 49.8 Å². The van der Waals surface area contributed by atoms with E-state index in [0.717, 1.165) is 24.4 Å². The summed E-state index contributed by atoms with van der Waals surface area (Å²) >= 11 is 0. The standard InChI is InChI=1S/C18H18F3N3O5S/c19-18(20,21)10-1-3-11(4-2-10)30(27,28)12-7-13(22)16(23-8-12)17(26)24-14-9-29-6-5-15(14)25/h1-4,7-8,14-15,25H,5-6,9,22H2,(H,24,26)/t14-,15+/m1/s1. The zero-order chi connectivity index (χ0) is 22.1. The number of pyridine rings is 1. The van der Waals surface area contributed by atoms with Crippen LogP contribution >= 0.6 is 0 Å². The summed E-state index contributed by atoms with van der Waals surface area (Å²) in [6.07, 6.45) is -4.16. The van der Waals surface area contributed by atoms with E-state index in [9.17, 15) is 31.5 Å². The van der Waals surface area contributed by atoms with Gasteiger partial charge in [0.25, 0.3) is 5.91 Å². The van der Waals surface area contributed by atoms with Gasteiger partial charge >= 0.3 is 6.18 Å². The molecule has 0 spiro atoms. The van der Waals surface area contributed by atoms with Crippen molar-refractivity contribution in [1.29, 1.82) is 0 Å². The van der Waals surface area contributed by atoms with E-state index in [4.69, 9.17) is 10.5 Å². The lowest BCUT2D eigenvalue weighted by Gasteiger charge is -2.28. The van der Waals surface area contributed by atoms with Gasteiger partial charge in [-0.3, -0.25) is 4.79 Å². The Bertz CT molecular complexity index is 1040. The van der Waals surface area contributed by atoms with Gasteiger partial charge < -0.3 is 20.9 Å². The van der Waals surface area contributed by atoms with Gasteiger partial charge in [0, 0.05) is 12.8 Å². The number of sulfone groups is 1. The van der Waals surface area contributed by atoms with Gasteiger partial charge in [0.15, 0.2) is 5.69 Å². The third-order valence-corrected chi connectivity index (χ3v) is 6.28. The van der Waals surface area contributed by atoms with Crippen LogP contribution in [0.5, 0.6) is 0 Å². The Morgan fingerprint density at radius 1 is 1.23 bits per heavy atom. The number of nitrogens with one attached hydrogen (secondary N) is 1. The first-order chi connectivity index (χ1) is 14.0. The molecule has 30 heavy (non-hydrogen) atoms. The highest BCUT2D eigenvalue weighted by molar-refractivity contribution is 7.91. The van der Waals surface area contributed by atoms with Crippen molar-refractivity contribution in [2.24, 2.45) is 0 Å². The fourth-order valence-corrected chi connectivity index (χ4v) is 4.10. The van der Waals surface area contributed by atoms with Crippen LogP contribution in [-0.2, 0) is 20.8 Å². The average molecular weight is 445 g/mol. The summed E-state index contributed by atoms with van der Waals surface area (Å²) in [5.74, 6) is -0.722. The summed E-state index contributed by atoms with van der Waals surface area (Å²) in [5.41, 5.74) is 4.31. The van der Waals surface area contributed by atoms with Gasteiger partial charge in [0.1, 0.15) is 0 Å². The molecule has 0 saturated carbocycles. The number of hydrogen-bond donors (Lipinski definition) is 3. The highest BCUT2D eigenvalue weighted by atomic mass is 32.2. The number of rotatable bonds is 4. The van der Waals surface area contributed by atoms with Crippen LogP contribution < -0.4 is 11.1 Å². The summed E-state index contributed by atoms with van der Waals surface area (Å²) in [5, 5.41) is 12.4. The fraction of sp³-hybridized carbons (Fsp3) is 0.333. The van der Waals surface area contributed by atoms with Crippen LogP contribution in [0.4, 0.5) is 18.9 Å². The quantitative estimate of drug-likeness (QED) is 0.648. The topological polar surface area (TPSA) is 132 Å². The molecule has 1 aliphatic heterocycles. The van der Waals surface area contributed by atoms with Crippen LogP contribution in [0.3, 0.4) is 0 Å². The van der Waals surface area contributed by atoms with Gasteiger partial charge in [-0.1, -0.05) is 0 Å². The number of ether oxygens (including phenoxy) is 1. The molecule has 1 aliphatic rings. The lowest BCUT2D eigenvalue weighted by atomic mass is 10.1. The number of anilines is 1. The number of aliphatic hydroxyl groups is 1. The monoisotopic (exact) mass is 445 g/mol. The molecule has 1 fully saturated rings. The van der Waals surface area contributed by atoms with Gasteiger partial charge in [-0.15, -0.1) is 0 Å². The Morgan fingerprint density at radius 2 is 1.90 bits per heavy atom. The number of alkyl halides is 3. The number of hydrogen-bond acceptors (Lipinski definition) is 7. The van der Waals surface area contributed by atoms with Crippen LogP contribution in [0.25, 0.3) is 0 Å². The Hall–Kier alpha value is -2.70. The summed E-state index contributed by atoms with van der Waals surface area (Å²) in [7, 11) is -4.20. The number of nitrogens with two attached hydrogens (primary N) is 1. The molecule has 12 heteroatoms. The Balaban J connectivity index is 1.82. The predicted molar refractivity (Wildman–Crippen MR) is 98.2 cm³/mol. The van der Waals surface area contributed by atoms with Gasteiger partial charge in [-0.2, -0.15) is 13.2 Å². The summed E-state index contributed by atoms with van der Waals surface area (Å²) in [6.45, 7) is 0.470. The van der Waals surface area contributed by atoms with Crippen molar-refractivity contribution in [3.8, 4) is 0 Å². The zero-order valence-electron chi connectivity index (χ0n) is 15.4. The maximum absolute atomic E-state index is 12.7. The molecule has 3 rings (SSSR count). The lowest BCUT2D eigenvalue weighted by Crippen LogP contribution is -2.49. The number of nitrogen functional groups attached to an aromatic ring is 1. The van der Waals surface area contributed by atoms with Gasteiger partial charge in [0.2, 0.25) is 9.84 Å². The molecule has 2 atom stereocenters. The summed E-state index contributed by atoms with van der Waals surface area (Å²) in [4.78, 5) is 15.4. The minimum Gasteiger partial charge on any atom is -0.397 e. The first-order valence-corrected chi connectivity index (χ1v) is 10.2. The van der Waals surface area contributed by atoms with E-state index in [-0.39, 0.29) is 27.8 Å². The Kier molecular flexibility index (Phi) is 6.01. The molecule has 0 radical (unpaired) electrons. The number of aromatic nitrogens is 1. The van der Waals surface area contributed by atoms with E-state index in [1.54, 1.807) is 0 Å². The Labute approximate surface area is 169 Å². The number of carbonyl (C=O) groups excluding carboxylic acids is 1. The number of aliphatic hydroxyl groups excluding tert-OH is 1. The van der Waals surface area contributed by atoms with Crippen molar-refractivity contribution in [3.05, 3.63) is 47.8 Å². The zero-order valence-corrected chi connectivity index (χ0v) is 16.2. The molecule has 2 aromatic rings. The largest absolute Gasteiger partial charge is 0.416 e. The van der Waals surface area contributed by atoms with Crippen molar-refractivity contribution in [3.63, 3.8) is 0 Å². The molecule has 1 aromatic heterocycles. The Morgan fingerprint density at radius 3 is 2.47 bits per heavy atom. The highest BCUT2D eigenvalue weighted by Gasteiger charge is 2.31. The second-order valence-electron chi connectivity index (χ2n) is 6.65. The van der Waals surface area contributed by atoms with E-state index in [1.165, 1.54) is 0 Å². The van der Waals surface area contributed by atoms with Crippen LogP contribution in [0.15, 0.2) is 46.3 Å². The molecule has 1 amide bonds. The number of amides is 1. The van der Waals surface area contributed by atoms with E-state index in [2.05, 4.69) is 10.3 Å². The van der Waals surface area contributed by atoms with Crippen LogP contribution in [0.1, 0.15) is 22.5 Å². The first-order valence-electron chi connectivity index (χ1n) is 8.74. The first kappa shape index (κ1) is 22.0. The second-order valence-corrected chi connectivity index (χ2v) is 8.60. The number of benzene rings is 1. The molecule has 1 aromatic carbocycles. The van der Waals surface area contributed by atoms with Crippen molar-refractivity contribution in [2.45, 2.75) is 34.5 Å². The number of halogens is 3. The molecule has 0 aliphatic carbocycles. The average Bonchev–Trinajstić information content (AvgIpc) is 2.69. The molecule has 1 saturated heterocycles. The van der Waals surface area contributed by atoms with Crippen molar-refractivity contribution < 1.29 is 36.2 Å². The molecule has 2 heterocycles. The minimum absolute atomic E-state index is 0.104. The number of nitrogens with zero attached hydrogens (tertiary/aromatic N) is 1. The maximum atomic E-state index is 12.7. The molecule has 4 N–H and O–H groups in total. The van der Waals surface area contributed by atoms with Crippen molar-refractivity contribution in [2.75, 3.05) is 18.9 Å². The summed E-state index contributed by atoms with van der Waals surface area (Å²) in [6, 6.07) is 3.32. The lowest BCUT2D eigenvalue weighted by molar-refractivity contribution is -0.137. The molecule has 8 nitrogen and oxygen atoms in total. The van der Waals surface area contributed by atoms with E-state index in [0.29, 0.717) is 25.2 Å². The molecule has 0 unspecified atom stereocenters. The van der Waals surface area contributed by atoms with Crippen LogP contribution in [0, 0.1) is 0 Å². The SMILES string of the molecule is Nc1cc(S(=O)(=O)c2ccc(C(F)(F)F)cc2)cnc1C(=O)N[C@@H]1COCC[C@@H]1O. The van der Waals surface area contributed by atoms with Gasteiger partial charge in [0.05, 0.1) is 39.8 Å². The van der Waals surface area contributed by atoms with Gasteiger partial charge in [-0.25, -0.2) is 13.4 Å². The van der Waals surface area contributed by atoms with E-state index >= 15 is 0 Å². The number of carbonyl (C=O) groups is 1. The van der Waals surface area contributed by atoms with Crippen LogP contribution in [0.2, 0.25) is 0 Å². The van der Waals surface area contributed by atoms with Gasteiger partial charge in [-0.05, 0) is 36.8 Å². The van der Waals surface area contributed by atoms with Crippen molar-refractivity contribution >= 4 is 21.4 Å². The summed E-state index contributed by atoms with van der Waals surface area (Å²) < 4.78 is 68.5. The third-order valence-electron chi connectivity index (χ3n) is 4.55. The van der Waals surface area contributed by atoms with E-state index < -0.39 is 39.6 Å². The molecular weight excluding hydrogens is 427 g/mol. The smallest absolute Gasteiger partial charge is 0.397 e.